The van der Waals surface area contributed by atoms with E-state index in [-0.39, 0.29) is 0 Å². The van der Waals surface area contributed by atoms with E-state index >= 15 is 0 Å². The number of hydrogen-bond donors (Lipinski definition) is 0. The number of benzene rings is 4. The molecule has 0 saturated carbocycles. The zero-order valence-corrected chi connectivity index (χ0v) is 17.1. The first kappa shape index (κ1) is 19.3. The molecule has 0 spiro atoms. The molecule has 4 aromatic carbocycles. The fraction of sp³-hybridized carbons (Fsp3) is 0. The molecule has 0 radical (unpaired) electrons. The van der Waals surface area contributed by atoms with Crippen LogP contribution >= 0.6 is 18.2 Å². The highest BCUT2D eigenvalue weighted by atomic mass is 35.7. The molecule has 0 atom stereocenters. The van der Waals surface area contributed by atoms with Crippen molar-refractivity contribution in [1.82, 2.24) is 0 Å². The zero-order valence-electron chi connectivity index (χ0n) is 15.4. The largest absolute Gasteiger partial charge is 0.530 e. The van der Waals surface area contributed by atoms with Gasteiger partial charge < -0.3 is 9.05 Å². The first-order chi connectivity index (χ1) is 14.1. The summed E-state index contributed by atoms with van der Waals surface area (Å²) < 4.78 is 23.8. The van der Waals surface area contributed by atoms with Crippen LogP contribution in [-0.4, -0.2) is 0 Å². The molecule has 29 heavy (non-hydrogen) atoms. The van der Waals surface area contributed by atoms with Gasteiger partial charge in [-0.15, -0.1) is 0 Å². The van der Waals surface area contributed by atoms with Crippen molar-refractivity contribution in [1.29, 1.82) is 0 Å². The molecule has 0 aliphatic carbocycles. The SMILES string of the molecule is O=P(Cl)(Oc1cccc(-c2ccccc2)c1)Oc1cccc(-c2ccccc2)c1. The Kier molecular flexibility index (Phi) is 5.71. The van der Waals surface area contributed by atoms with Gasteiger partial charge in [-0.25, -0.2) is 4.57 Å². The van der Waals surface area contributed by atoms with Gasteiger partial charge in [-0.2, -0.15) is 0 Å². The standard InChI is InChI=1S/C24H18ClO3P/c25-29(26,27-23-15-7-13-21(17-23)19-9-3-1-4-10-19)28-24-16-8-14-22(18-24)20-11-5-2-6-12-20/h1-18H. The Hall–Kier alpha value is -3.00. The van der Waals surface area contributed by atoms with Crippen LogP contribution < -0.4 is 9.05 Å². The van der Waals surface area contributed by atoms with E-state index in [0.717, 1.165) is 22.3 Å². The number of rotatable bonds is 6. The Bertz CT molecular complexity index is 1060. The monoisotopic (exact) mass is 420 g/mol. The van der Waals surface area contributed by atoms with Crippen LogP contribution in [0.15, 0.2) is 109 Å². The first-order valence-electron chi connectivity index (χ1n) is 9.09. The summed E-state index contributed by atoms with van der Waals surface area (Å²) in [5.41, 5.74) is 3.93. The van der Waals surface area contributed by atoms with Gasteiger partial charge in [0.2, 0.25) is 0 Å². The quantitative estimate of drug-likeness (QED) is 0.298. The Morgan fingerprint density at radius 2 is 0.897 bits per heavy atom. The lowest BCUT2D eigenvalue weighted by Crippen LogP contribution is -1.96. The van der Waals surface area contributed by atoms with Gasteiger partial charge in [0, 0.05) is 11.2 Å². The molecule has 0 N–H and O–H groups in total. The Morgan fingerprint density at radius 3 is 1.31 bits per heavy atom. The molecule has 3 nitrogen and oxygen atoms in total. The second-order valence-corrected chi connectivity index (χ2v) is 8.87. The molecule has 0 aliphatic rings. The van der Waals surface area contributed by atoms with Crippen LogP contribution in [0.1, 0.15) is 0 Å². The van der Waals surface area contributed by atoms with Crippen LogP contribution in [0.3, 0.4) is 0 Å². The minimum absolute atomic E-state index is 0.379. The van der Waals surface area contributed by atoms with Gasteiger partial charge in [-0.05, 0) is 46.5 Å². The lowest BCUT2D eigenvalue weighted by molar-refractivity contribution is 0.406. The maximum atomic E-state index is 12.8. The summed E-state index contributed by atoms with van der Waals surface area (Å²) >= 11 is 6.11. The molecule has 0 bridgehead atoms. The minimum Gasteiger partial charge on any atom is -0.405 e. The van der Waals surface area contributed by atoms with Crippen LogP contribution in [0.5, 0.6) is 11.5 Å². The van der Waals surface area contributed by atoms with E-state index in [1.54, 1.807) is 24.3 Å². The smallest absolute Gasteiger partial charge is 0.405 e. The molecule has 4 rings (SSSR count). The zero-order chi connectivity index (χ0) is 20.1. The van der Waals surface area contributed by atoms with Crippen molar-refractivity contribution in [2.75, 3.05) is 0 Å². The lowest BCUT2D eigenvalue weighted by atomic mass is 10.1. The summed E-state index contributed by atoms with van der Waals surface area (Å²) in [4.78, 5) is 0. The summed E-state index contributed by atoms with van der Waals surface area (Å²) in [6, 6.07) is 34.2. The molecule has 0 fully saturated rings. The van der Waals surface area contributed by atoms with Gasteiger partial charge in [-0.1, -0.05) is 84.9 Å². The van der Waals surface area contributed by atoms with Crippen LogP contribution in [0.4, 0.5) is 0 Å². The van der Waals surface area contributed by atoms with Gasteiger partial charge in [-0.3, -0.25) is 0 Å². The summed E-state index contributed by atoms with van der Waals surface area (Å²) in [5, 5.41) is 0. The normalized spacial score (nSPS) is 11.1. The van der Waals surface area contributed by atoms with E-state index in [0.29, 0.717) is 11.5 Å². The van der Waals surface area contributed by atoms with Gasteiger partial charge in [0.05, 0.1) is 0 Å². The molecule has 0 aliphatic heterocycles. The van der Waals surface area contributed by atoms with E-state index in [2.05, 4.69) is 0 Å². The highest BCUT2D eigenvalue weighted by Gasteiger charge is 2.25. The lowest BCUT2D eigenvalue weighted by Gasteiger charge is -2.15. The fourth-order valence-corrected chi connectivity index (χ4v) is 4.24. The van der Waals surface area contributed by atoms with Crippen molar-refractivity contribution in [2.45, 2.75) is 0 Å². The Balaban J connectivity index is 1.52. The Labute approximate surface area is 174 Å². The fourth-order valence-electron chi connectivity index (χ4n) is 3.00. The third kappa shape index (κ3) is 5.08. The van der Waals surface area contributed by atoms with Crippen molar-refractivity contribution in [3.8, 4) is 33.8 Å². The van der Waals surface area contributed by atoms with Crippen LogP contribution in [0, 0.1) is 0 Å². The topological polar surface area (TPSA) is 35.5 Å². The predicted octanol–water partition coefficient (Wildman–Crippen LogP) is 7.83. The van der Waals surface area contributed by atoms with Crippen molar-refractivity contribution in [3.63, 3.8) is 0 Å². The summed E-state index contributed by atoms with van der Waals surface area (Å²) in [7, 11) is 0. The molecule has 0 unspecified atom stereocenters. The number of hydrogen-bond acceptors (Lipinski definition) is 3. The first-order valence-corrected chi connectivity index (χ1v) is 11.5. The third-order valence-electron chi connectivity index (χ3n) is 4.31. The van der Waals surface area contributed by atoms with Gasteiger partial charge in [0.15, 0.2) is 0 Å². The van der Waals surface area contributed by atoms with E-state index in [4.69, 9.17) is 20.3 Å². The molecule has 144 valence electrons. The van der Waals surface area contributed by atoms with Crippen molar-refractivity contribution in [3.05, 3.63) is 109 Å². The van der Waals surface area contributed by atoms with Crippen molar-refractivity contribution < 1.29 is 13.6 Å². The summed E-state index contributed by atoms with van der Waals surface area (Å²) in [6.45, 7) is -3.89. The molecule has 4 aromatic rings. The number of halogens is 1. The minimum atomic E-state index is -3.89. The predicted molar refractivity (Wildman–Crippen MR) is 118 cm³/mol. The second-order valence-electron chi connectivity index (χ2n) is 6.40. The van der Waals surface area contributed by atoms with Crippen molar-refractivity contribution >= 4 is 18.2 Å². The highest BCUT2D eigenvalue weighted by Crippen LogP contribution is 2.53. The van der Waals surface area contributed by atoms with Gasteiger partial charge in [0.1, 0.15) is 11.5 Å². The highest BCUT2D eigenvalue weighted by molar-refractivity contribution is 7.82. The van der Waals surface area contributed by atoms with Crippen LogP contribution in [-0.2, 0) is 4.57 Å². The van der Waals surface area contributed by atoms with Crippen LogP contribution in [0.25, 0.3) is 22.3 Å². The maximum Gasteiger partial charge on any atom is 0.530 e. The average Bonchev–Trinajstić information content (AvgIpc) is 2.75. The average molecular weight is 421 g/mol. The van der Waals surface area contributed by atoms with E-state index in [9.17, 15) is 4.57 Å². The Morgan fingerprint density at radius 1 is 0.517 bits per heavy atom. The van der Waals surface area contributed by atoms with Crippen LogP contribution in [0.2, 0.25) is 0 Å². The molecule has 0 saturated heterocycles. The van der Waals surface area contributed by atoms with E-state index in [1.807, 2.05) is 84.9 Å². The molecule has 0 aromatic heterocycles. The summed E-state index contributed by atoms with van der Waals surface area (Å²) in [6.07, 6.45) is 0. The molecular weight excluding hydrogens is 403 g/mol. The second kappa shape index (κ2) is 8.57. The van der Waals surface area contributed by atoms with E-state index in [1.165, 1.54) is 0 Å². The molecular formula is C24H18ClO3P. The van der Waals surface area contributed by atoms with E-state index < -0.39 is 6.95 Å². The summed E-state index contributed by atoms with van der Waals surface area (Å²) in [5.74, 6) is 0.757. The third-order valence-corrected chi connectivity index (χ3v) is 5.58. The van der Waals surface area contributed by atoms with Gasteiger partial charge in [0.25, 0.3) is 0 Å². The van der Waals surface area contributed by atoms with Crippen molar-refractivity contribution in [2.24, 2.45) is 0 Å². The molecule has 0 amide bonds. The van der Waals surface area contributed by atoms with Gasteiger partial charge >= 0.3 is 6.95 Å². The molecule has 0 heterocycles. The molecule has 5 heteroatoms. The maximum absolute atomic E-state index is 12.8.